The molecule has 1 aromatic rings. The molecule has 1 amide bonds. The normalized spacial score (nSPS) is 19.8. The van der Waals surface area contributed by atoms with Crippen molar-refractivity contribution >= 4 is 11.6 Å². The third-order valence-corrected chi connectivity index (χ3v) is 5.04. The molecule has 0 bridgehead atoms. The lowest BCUT2D eigenvalue weighted by molar-refractivity contribution is 0.0949. The number of benzene rings is 1. The number of carbonyl (C=O) groups is 1. The number of piperazine rings is 1. The zero-order chi connectivity index (χ0) is 17.5. The van der Waals surface area contributed by atoms with E-state index in [0.717, 1.165) is 83.2 Å². The van der Waals surface area contributed by atoms with Crippen LogP contribution in [0.2, 0.25) is 0 Å². The van der Waals surface area contributed by atoms with Gasteiger partial charge in [-0.2, -0.15) is 0 Å². The number of ether oxygens (including phenoxy) is 1. The summed E-state index contributed by atoms with van der Waals surface area (Å²) < 4.78 is 5.38. The summed E-state index contributed by atoms with van der Waals surface area (Å²) in [4.78, 5) is 19.4. The maximum Gasteiger partial charge on any atom is 0.251 e. The molecular weight excluding hydrogens is 316 g/mol. The summed E-state index contributed by atoms with van der Waals surface area (Å²) in [5, 5.41) is 3.04. The van der Waals surface area contributed by atoms with Gasteiger partial charge in [0.25, 0.3) is 5.91 Å². The van der Waals surface area contributed by atoms with Crippen LogP contribution >= 0.6 is 0 Å². The lowest BCUT2D eigenvalue weighted by atomic mass is 10.1. The van der Waals surface area contributed by atoms with Crippen molar-refractivity contribution in [3.8, 4) is 0 Å². The Bertz CT molecular complexity index is 535. The Hall–Kier alpha value is -1.63. The first kappa shape index (κ1) is 18.2. The van der Waals surface area contributed by atoms with Crippen LogP contribution in [0.4, 0.5) is 5.69 Å². The molecule has 2 heterocycles. The molecule has 0 spiro atoms. The fourth-order valence-corrected chi connectivity index (χ4v) is 3.32. The second-order valence-electron chi connectivity index (χ2n) is 6.90. The van der Waals surface area contributed by atoms with Crippen molar-refractivity contribution < 1.29 is 9.53 Å². The molecule has 0 aliphatic carbocycles. The lowest BCUT2D eigenvalue weighted by Crippen LogP contribution is -2.45. The van der Waals surface area contributed by atoms with E-state index in [9.17, 15) is 4.79 Å². The van der Waals surface area contributed by atoms with Gasteiger partial charge in [-0.25, -0.2) is 0 Å². The summed E-state index contributed by atoms with van der Waals surface area (Å²) in [6, 6.07) is 7.90. The van der Waals surface area contributed by atoms with Gasteiger partial charge in [-0.1, -0.05) is 0 Å². The molecule has 138 valence electrons. The zero-order valence-electron chi connectivity index (χ0n) is 15.2. The van der Waals surface area contributed by atoms with Crippen molar-refractivity contribution in [2.75, 3.05) is 77.5 Å². The van der Waals surface area contributed by atoms with Gasteiger partial charge in [-0.3, -0.25) is 4.79 Å². The van der Waals surface area contributed by atoms with E-state index >= 15 is 0 Å². The Kier molecular flexibility index (Phi) is 6.67. The van der Waals surface area contributed by atoms with E-state index in [0.29, 0.717) is 0 Å². The molecule has 2 aliphatic heterocycles. The molecule has 2 aliphatic rings. The van der Waals surface area contributed by atoms with Crippen LogP contribution in [0.15, 0.2) is 24.3 Å². The third-order valence-electron chi connectivity index (χ3n) is 5.04. The average molecular weight is 346 g/mol. The van der Waals surface area contributed by atoms with E-state index in [1.54, 1.807) is 0 Å². The predicted molar refractivity (Wildman–Crippen MR) is 100 cm³/mol. The van der Waals surface area contributed by atoms with Crippen LogP contribution in [0, 0.1) is 0 Å². The third kappa shape index (κ3) is 5.42. The van der Waals surface area contributed by atoms with Crippen molar-refractivity contribution in [2.24, 2.45) is 0 Å². The van der Waals surface area contributed by atoms with Gasteiger partial charge in [-0.15, -0.1) is 0 Å². The largest absolute Gasteiger partial charge is 0.378 e. The molecule has 25 heavy (non-hydrogen) atoms. The quantitative estimate of drug-likeness (QED) is 0.776. The first-order chi connectivity index (χ1) is 12.2. The Morgan fingerprint density at radius 1 is 1.04 bits per heavy atom. The van der Waals surface area contributed by atoms with Crippen LogP contribution in [0.1, 0.15) is 16.8 Å². The molecule has 1 N–H and O–H groups in total. The van der Waals surface area contributed by atoms with Crippen molar-refractivity contribution in [2.45, 2.75) is 6.42 Å². The fourth-order valence-electron chi connectivity index (χ4n) is 3.32. The summed E-state index contributed by atoms with van der Waals surface area (Å²) in [7, 11) is 2.17. The maximum absolute atomic E-state index is 12.3. The highest BCUT2D eigenvalue weighted by atomic mass is 16.5. The van der Waals surface area contributed by atoms with Gasteiger partial charge in [0.15, 0.2) is 0 Å². The number of rotatable bonds is 6. The number of nitrogens with zero attached hydrogens (tertiary/aromatic N) is 3. The monoisotopic (exact) mass is 346 g/mol. The number of anilines is 1. The van der Waals surface area contributed by atoms with E-state index in [1.807, 2.05) is 24.3 Å². The van der Waals surface area contributed by atoms with E-state index in [1.165, 1.54) is 0 Å². The molecule has 1 aromatic carbocycles. The molecule has 2 fully saturated rings. The number of carbonyl (C=O) groups excluding carboxylic acids is 1. The SMILES string of the molecule is CN1CCN(CCCNC(=O)c2ccc(N3CCOCC3)cc2)CC1. The molecular formula is C19H30N4O2. The zero-order valence-corrected chi connectivity index (χ0v) is 15.2. The first-order valence-electron chi connectivity index (χ1n) is 9.34. The minimum absolute atomic E-state index is 0.0203. The highest BCUT2D eigenvalue weighted by Gasteiger charge is 2.14. The number of hydrogen-bond donors (Lipinski definition) is 1. The number of hydrogen-bond acceptors (Lipinski definition) is 5. The van der Waals surface area contributed by atoms with Crippen molar-refractivity contribution in [1.29, 1.82) is 0 Å². The second kappa shape index (κ2) is 9.17. The summed E-state index contributed by atoms with van der Waals surface area (Å²) in [6.07, 6.45) is 1.00. The van der Waals surface area contributed by atoms with Gasteiger partial charge in [0.1, 0.15) is 0 Å². The Morgan fingerprint density at radius 2 is 1.72 bits per heavy atom. The van der Waals surface area contributed by atoms with Gasteiger partial charge in [0, 0.05) is 57.1 Å². The summed E-state index contributed by atoms with van der Waals surface area (Å²) in [5.74, 6) is 0.0203. The summed E-state index contributed by atoms with van der Waals surface area (Å²) in [5.41, 5.74) is 1.89. The molecule has 6 nitrogen and oxygen atoms in total. The maximum atomic E-state index is 12.3. The molecule has 0 unspecified atom stereocenters. The molecule has 0 radical (unpaired) electrons. The molecule has 3 rings (SSSR count). The van der Waals surface area contributed by atoms with Crippen LogP contribution in [0.25, 0.3) is 0 Å². The highest BCUT2D eigenvalue weighted by Crippen LogP contribution is 2.16. The standard InChI is InChI=1S/C19H30N4O2/c1-21-9-11-22(12-10-21)8-2-7-20-19(24)17-3-5-18(6-4-17)23-13-15-25-16-14-23/h3-6H,2,7-16H2,1H3,(H,20,24). The number of amides is 1. The van der Waals surface area contributed by atoms with Crippen LogP contribution in [-0.2, 0) is 4.74 Å². The minimum atomic E-state index is 0.0203. The van der Waals surface area contributed by atoms with Crippen LogP contribution < -0.4 is 10.2 Å². The Balaban J connectivity index is 1.37. The van der Waals surface area contributed by atoms with Crippen molar-refractivity contribution in [3.63, 3.8) is 0 Å². The van der Waals surface area contributed by atoms with E-state index in [-0.39, 0.29) is 5.91 Å². The summed E-state index contributed by atoms with van der Waals surface area (Å²) in [6.45, 7) is 9.71. The van der Waals surface area contributed by atoms with Crippen molar-refractivity contribution in [3.05, 3.63) is 29.8 Å². The predicted octanol–water partition coefficient (Wildman–Crippen LogP) is 0.891. The fraction of sp³-hybridized carbons (Fsp3) is 0.632. The van der Waals surface area contributed by atoms with Crippen LogP contribution in [0.3, 0.4) is 0 Å². The van der Waals surface area contributed by atoms with E-state index in [2.05, 4.69) is 27.1 Å². The average Bonchev–Trinajstić information content (AvgIpc) is 2.67. The number of likely N-dealkylation sites (N-methyl/N-ethyl adjacent to an activating group) is 1. The highest BCUT2D eigenvalue weighted by molar-refractivity contribution is 5.94. The number of nitrogens with one attached hydrogen (secondary N) is 1. The van der Waals surface area contributed by atoms with Gasteiger partial charge < -0.3 is 24.8 Å². The number of morpholine rings is 1. The molecule has 0 atom stereocenters. The van der Waals surface area contributed by atoms with Gasteiger partial charge in [0.05, 0.1) is 13.2 Å². The van der Waals surface area contributed by atoms with E-state index < -0.39 is 0 Å². The molecule has 2 saturated heterocycles. The molecule has 0 saturated carbocycles. The van der Waals surface area contributed by atoms with Gasteiger partial charge in [-0.05, 0) is 44.3 Å². The van der Waals surface area contributed by atoms with Gasteiger partial charge >= 0.3 is 0 Å². The topological polar surface area (TPSA) is 48.0 Å². The molecule has 6 heteroatoms. The second-order valence-corrected chi connectivity index (χ2v) is 6.90. The Morgan fingerprint density at radius 3 is 2.40 bits per heavy atom. The Labute approximate surface area is 150 Å². The minimum Gasteiger partial charge on any atom is -0.378 e. The molecule has 0 aromatic heterocycles. The van der Waals surface area contributed by atoms with Crippen molar-refractivity contribution in [1.82, 2.24) is 15.1 Å². The summed E-state index contributed by atoms with van der Waals surface area (Å²) >= 11 is 0. The lowest BCUT2D eigenvalue weighted by Gasteiger charge is -2.32. The van der Waals surface area contributed by atoms with E-state index in [4.69, 9.17) is 4.74 Å². The smallest absolute Gasteiger partial charge is 0.251 e. The first-order valence-corrected chi connectivity index (χ1v) is 9.34. The van der Waals surface area contributed by atoms with Gasteiger partial charge in [0.2, 0.25) is 0 Å². The van der Waals surface area contributed by atoms with Crippen LogP contribution in [0.5, 0.6) is 0 Å². The van der Waals surface area contributed by atoms with Crippen LogP contribution in [-0.4, -0.2) is 88.3 Å².